The zero-order valence-electron chi connectivity index (χ0n) is 19.0. The molecule has 0 radical (unpaired) electrons. The van der Waals surface area contributed by atoms with Crippen LogP contribution in [0.3, 0.4) is 0 Å². The zero-order chi connectivity index (χ0) is 23.5. The Kier molecular flexibility index (Phi) is 6.12. The number of aromatic nitrogens is 2. The molecule has 1 N–H and O–H groups in total. The molecule has 2 aromatic carbocycles. The Labute approximate surface area is 198 Å². The molecule has 172 valence electrons. The van der Waals surface area contributed by atoms with E-state index in [0.29, 0.717) is 18.9 Å². The van der Waals surface area contributed by atoms with Crippen molar-refractivity contribution in [2.45, 2.75) is 38.5 Å². The van der Waals surface area contributed by atoms with Crippen molar-refractivity contribution in [2.24, 2.45) is 0 Å². The molecule has 0 unspecified atom stereocenters. The van der Waals surface area contributed by atoms with E-state index in [9.17, 15) is 4.79 Å². The highest BCUT2D eigenvalue weighted by Gasteiger charge is 2.25. The smallest absolute Gasteiger partial charge is 0.303 e. The molecule has 34 heavy (non-hydrogen) atoms. The lowest BCUT2D eigenvalue weighted by Gasteiger charge is -2.10. The first-order valence-corrected chi connectivity index (χ1v) is 11.5. The van der Waals surface area contributed by atoms with Crippen LogP contribution in [0.2, 0.25) is 0 Å². The van der Waals surface area contributed by atoms with Crippen molar-refractivity contribution in [3.8, 4) is 28.3 Å². The molecular formula is C28H26N2O4. The van der Waals surface area contributed by atoms with Gasteiger partial charge < -0.3 is 14.3 Å². The van der Waals surface area contributed by atoms with Crippen molar-refractivity contribution in [3.63, 3.8) is 0 Å². The summed E-state index contributed by atoms with van der Waals surface area (Å²) in [7, 11) is 0. The lowest BCUT2D eigenvalue weighted by atomic mass is 9.98. The van der Waals surface area contributed by atoms with Crippen molar-refractivity contribution in [1.29, 1.82) is 0 Å². The maximum atomic E-state index is 11.1. The normalized spacial score (nSPS) is 14.7. The van der Waals surface area contributed by atoms with Gasteiger partial charge in [-0.15, -0.1) is 0 Å². The Morgan fingerprint density at radius 2 is 1.79 bits per heavy atom. The van der Waals surface area contributed by atoms with E-state index >= 15 is 0 Å². The highest BCUT2D eigenvalue weighted by molar-refractivity contribution is 5.68. The molecule has 5 rings (SSSR count). The number of hydrogen-bond donors (Lipinski definition) is 1. The van der Waals surface area contributed by atoms with E-state index in [0.717, 1.165) is 52.3 Å². The minimum Gasteiger partial charge on any atom is -0.493 e. The van der Waals surface area contributed by atoms with Gasteiger partial charge in [0.1, 0.15) is 11.5 Å². The molecule has 1 aliphatic rings. The van der Waals surface area contributed by atoms with E-state index in [4.69, 9.17) is 19.2 Å². The molecule has 1 atom stereocenters. The van der Waals surface area contributed by atoms with Gasteiger partial charge in [0.25, 0.3) is 0 Å². The second-order valence-corrected chi connectivity index (χ2v) is 8.63. The molecule has 0 fully saturated rings. The van der Waals surface area contributed by atoms with Gasteiger partial charge in [0, 0.05) is 24.4 Å². The molecule has 0 bridgehead atoms. The minimum atomic E-state index is -0.745. The average molecular weight is 455 g/mol. The first-order valence-electron chi connectivity index (χ1n) is 11.5. The lowest BCUT2D eigenvalue weighted by Crippen LogP contribution is -2.04. The third kappa shape index (κ3) is 4.71. The highest BCUT2D eigenvalue weighted by Crippen LogP contribution is 2.37. The fourth-order valence-corrected chi connectivity index (χ4v) is 4.59. The molecule has 0 saturated heterocycles. The summed E-state index contributed by atoms with van der Waals surface area (Å²) >= 11 is 0. The van der Waals surface area contributed by atoms with Crippen molar-refractivity contribution >= 4 is 5.97 Å². The fourth-order valence-electron chi connectivity index (χ4n) is 4.59. The standard InChI is InChI=1S/C28H26N2O4/c1-18-26(12-15-33-24-8-9-25-22(16-24)6-7-23(25)17-27(31)32)30-28(34-18)21-4-2-19(3-5-21)20-10-13-29-14-11-20/h2-5,8-11,13-14,16,23H,6-7,12,15,17H2,1H3,(H,31,32)/t23-/m0/s1. The number of rotatable bonds is 8. The van der Waals surface area contributed by atoms with E-state index in [1.165, 1.54) is 5.56 Å². The predicted octanol–water partition coefficient (Wildman–Crippen LogP) is 5.84. The van der Waals surface area contributed by atoms with Crippen LogP contribution < -0.4 is 4.74 Å². The quantitative estimate of drug-likeness (QED) is 0.360. The summed E-state index contributed by atoms with van der Waals surface area (Å²) in [6, 6.07) is 18.1. The van der Waals surface area contributed by atoms with Gasteiger partial charge in [-0.05, 0) is 84.3 Å². The Morgan fingerprint density at radius 3 is 2.56 bits per heavy atom. The molecule has 4 aromatic rings. The number of oxazole rings is 1. The molecule has 0 amide bonds. The summed E-state index contributed by atoms with van der Waals surface area (Å²) in [5.74, 6) is 1.57. The minimum absolute atomic E-state index is 0.108. The molecule has 6 heteroatoms. The van der Waals surface area contributed by atoms with E-state index in [-0.39, 0.29) is 12.3 Å². The molecule has 0 spiro atoms. The number of carbonyl (C=O) groups is 1. The molecule has 0 saturated carbocycles. The van der Waals surface area contributed by atoms with Crippen LogP contribution >= 0.6 is 0 Å². The SMILES string of the molecule is Cc1oc(-c2ccc(-c3ccncc3)cc2)nc1CCOc1ccc2c(c1)CC[C@H]2CC(=O)O. The summed E-state index contributed by atoms with van der Waals surface area (Å²) in [6.45, 7) is 2.42. The van der Waals surface area contributed by atoms with Crippen LogP contribution in [0.5, 0.6) is 5.75 Å². The van der Waals surface area contributed by atoms with Gasteiger partial charge in [-0.3, -0.25) is 9.78 Å². The van der Waals surface area contributed by atoms with E-state index in [1.807, 2.05) is 49.4 Å². The van der Waals surface area contributed by atoms with Crippen LogP contribution in [0.1, 0.15) is 41.3 Å². The summed E-state index contributed by atoms with van der Waals surface area (Å²) in [4.78, 5) is 19.8. The summed E-state index contributed by atoms with van der Waals surface area (Å²) in [5, 5.41) is 9.09. The largest absolute Gasteiger partial charge is 0.493 e. The Morgan fingerprint density at radius 1 is 1.06 bits per heavy atom. The van der Waals surface area contributed by atoms with Gasteiger partial charge in [0.05, 0.1) is 18.7 Å². The number of carboxylic acid groups (broad SMARTS) is 1. The van der Waals surface area contributed by atoms with E-state index in [2.05, 4.69) is 17.1 Å². The van der Waals surface area contributed by atoms with E-state index < -0.39 is 5.97 Å². The Hall–Kier alpha value is -3.93. The number of hydrogen-bond acceptors (Lipinski definition) is 5. The van der Waals surface area contributed by atoms with Crippen molar-refractivity contribution in [2.75, 3.05) is 6.61 Å². The lowest BCUT2D eigenvalue weighted by molar-refractivity contribution is -0.137. The summed E-state index contributed by atoms with van der Waals surface area (Å²) < 4.78 is 11.9. The number of ether oxygens (including phenoxy) is 1. The van der Waals surface area contributed by atoms with Gasteiger partial charge in [-0.1, -0.05) is 18.2 Å². The Balaban J connectivity index is 1.21. The molecule has 2 heterocycles. The van der Waals surface area contributed by atoms with Crippen molar-refractivity contribution in [3.05, 3.63) is 89.6 Å². The highest BCUT2D eigenvalue weighted by atomic mass is 16.5. The predicted molar refractivity (Wildman–Crippen MR) is 129 cm³/mol. The number of carboxylic acids is 1. The average Bonchev–Trinajstić information content (AvgIpc) is 3.42. The van der Waals surface area contributed by atoms with Gasteiger partial charge >= 0.3 is 5.97 Å². The second-order valence-electron chi connectivity index (χ2n) is 8.63. The van der Waals surface area contributed by atoms with Gasteiger partial charge in [-0.25, -0.2) is 4.98 Å². The first kappa shape index (κ1) is 21.9. The number of nitrogens with zero attached hydrogens (tertiary/aromatic N) is 2. The fraction of sp³-hybridized carbons (Fsp3) is 0.250. The maximum absolute atomic E-state index is 11.1. The first-order chi connectivity index (χ1) is 16.6. The number of benzene rings is 2. The second kappa shape index (κ2) is 9.51. The van der Waals surface area contributed by atoms with Crippen LogP contribution in [-0.2, 0) is 17.6 Å². The number of pyridine rings is 1. The molecule has 1 aliphatic carbocycles. The van der Waals surface area contributed by atoms with Crippen LogP contribution in [0, 0.1) is 6.92 Å². The van der Waals surface area contributed by atoms with Crippen LogP contribution in [0.15, 0.2) is 71.4 Å². The topological polar surface area (TPSA) is 85.5 Å². The monoisotopic (exact) mass is 454 g/mol. The molecule has 0 aliphatic heterocycles. The van der Waals surface area contributed by atoms with E-state index in [1.54, 1.807) is 12.4 Å². The summed E-state index contributed by atoms with van der Waals surface area (Å²) in [5.41, 5.74) is 6.39. The number of aliphatic carboxylic acids is 1. The molecule has 6 nitrogen and oxygen atoms in total. The zero-order valence-corrected chi connectivity index (χ0v) is 19.0. The van der Waals surface area contributed by atoms with Crippen molar-refractivity contribution < 1.29 is 19.1 Å². The Bertz CT molecular complexity index is 1300. The summed E-state index contributed by atoms with van der Waals surface area (Å²) in [6.07, 6.45) is 6.18. The van der Waals surface area contributed by atoms with Crippen LogP contribution in [0.25, 0.3) is 22.6 Å². The molecular weight excluding hydrogens is 428 g/mol. The third-order valence-corrected chi connectivity index (χ3v) is 6.38. The van der Waals surface area contributed by atoms with Crippen LogP contribution in [0.4, 0.5) is 0 Å². The number of fused-ring (bicyclic) bond motifs is 1. The maximum Gasteiger partial charge on any atom is 0.303 e. The number of aryl methyl sites for hydroxylation is 2. The van der Waals surface area contributed by atoms with Gasteiger partial charge in [0.2, 0.25) is 5.89 Å². The molecule has 2 aromatic heterocycles. The van der Waals surface area contributed by atoms with Crippen LogP contribution in [-0.4, -0.2) is 27.7 Å². The van der Waals surface area contributed by atoms with Gasteiger partial charge in [-0.2, -0.15) is 0 Å². The third-order valence-electron chi connectivity index (χ3n) is 6.38. The van der Waals surface area contributed by atoms with Gasteiger partial charge in [0.15, 0.2) is 0 Å². The van der Waals surface area contributed by atoms with Crippen molar-refractivity contribution in [1.82, 2.24) is 9.97 Å².